The summed E-state index contributed by atoms with van der Waals surface area (Å²) in [5.41, 5.74) is -1.09. The number of carboxylic acids is 1. The van der Waals surface area contributed by atoms with E-state index in [1.54, 1.807) is 26.0 Å². The highest BCUT2D eigenvalue weighted by Gasteiger charge is 2.42. The molecule has 1 saturated heterocycles. The van der Waals surface area contributed by atoms with E-state index in [1.807, 2.05) is 0 Å². The lowest BCUT2D eigenvalue weighted by molar-refractivity contribution is -0.147. The fourth-order valence-electron chi connectivity index (χ4n) is 2.92. The Labute approximate surface area is 141 Å². The van der Waals surface area contributed by atoms with Gasteiger partial charge in [-0.1, -0.05) is 12.1 Å². The lowest BCUT2D eigenvalue weighted by atomic mass is 9.73. The van der Waals surface area contributed by atoms with Gasteiger partial charge < -0.3 is 15.2 Å². The van der Waals surface area contributed by atoms with Gasteiger partial charge in [-0.05, 0) is 50.8 Å². The smallest absolute Gasteiger partial charge is 0.309 e. The highest BCUT2D eigenvalue weighted by atomic mass is 19.1. The van der Waals surface area contributed by atoms with Crippen LogP contribution in [0, 0.1) is 11.2 Å². The zero-order valence-corrected chi connectivity index (χ0v) is 14.1. The van der Waals surface area contributed by atoms with Crippen LogP contribution in [0.5, 0.6) is 0 Å². The van der Waals surface area contributed by atoms with Gasteiger partial charge >= 0.3 is 5.97 Å². The van der Waals surface area contributed by atoms with Gasteiger partial charge in [-0.3, -0.25) is 9.59 Å². The van der Waals surface area contributed by atoms with Crippen molar-refractivity contribution in [3.8, 4) is 0 Å². The average Bonchev–Trinajstić information content (AvgIpc) is 2.55. The molecule has 1 aliphatic rings. The molecule has 0 aromatic heterocycles. The van der Waals surface area contributed by atoms with Crippen molar-refractivity contribution in [2.75, 3.05) is 19.8 Å². The fourth-order valence-corrected chi connectivity index (χ4v) is 2.92. The summed E-state index contributed by atoms with van der Waals surface area (Å²) in [5.74, 6) is -1.47. The number of rotatable bonds is 6. The molecule has 6 heteroatoms. The third-order valence-electron chi connectivity index (χ3n) is 4.77. The second kappa shape index (κ2) is 7.30. The Bertz CT molecular complexity index is 609. The first-order valence-corrected chi connectivity index (χ1v) is 8.13. The molecular formula is C18H24FNO4. The summed E-state index contributed by atoms with van der Waals surface area (Å²) in [7, 11) is 0. The lowest BCUT2D eigenvalue weighted by Crippen LogP contribution is -2.48. The van der Waals surface area contributed by atoms with Gasteiger partial charge in [-0.2, -0.15) is 0 Å². The topological polar surface area (TPSA) is 75.6 Å². The van der Waals surface area contributed by atoms with Crippen LogP contribution in [0.25, 0.3) is 0 Å². The second-order valence-electron chi connectivity index (χ2n) is 6.90. The molecule has 2 rings (SSSR count). The normalized spacial score (nSPS) is 17.3. The molecule has 1 aromatic carbocycles. The summed E-state index contributed by atoms with van der Waals surface area (Å²) in [6.45, 7) is 4.38. The van der Waals surface area contributed by atoms with E-state index in [0.717, 1.165) is 0 Å². The van der Waals surface area contributed by atoms with Gasteiger partial charge in [0.15, 0.2) is 0 Å². The van der Waals surface area contributed by atoms with E-state index >= 15 is 0 Å². The number of aliphatic carboxylic acids is 1. The first kappa shape index (κ1) is 18.4. The largest absolute Gasteiger partial charge is 0.481 e. The second-order valence-corrected chi connectivity index (χ2v) is 6.90. The summed E-state index contributed by atoms with van der Waals surface area (Å²) in [5, 5.41) is 12.0. The van der Waals surface area contributed by atoms with Crippen LogP contribution in [0.15, 0.2) is 24.3 Å². The summed E-state index contributed by atoms with van der Waals surface area (Å²) in [4.78, 5) is 24.0. The minimum absolute atomic E-state index is 0.197. The zero-order chi connectivity index (χ0) is 17.8. The molecule has 0 aliphatic carbocycles. The predicted octanol–water partition coefficient (Wildman–Crippen LogP) is 2.49. The molecule has 0 bridgehead atoms. The molecule has 1 aromatic rings. The van der Waals surface area contributed by atoms with Crippen LogP contribution in [0.3, 0.4) is 0 Å². The number of hydrogen-bond donors (Lipinski definition) is 2. The van der Waals surface area contributed by atoms with Gasteiger partial charge in [0.1, 0.15) is 5.82 Å². The molecule has 24 heavy (non-hydrogen) atoms. The van der Waals surface area contributed by atoms with E-state index in [2.05, 4.69) is 5.32 Å². The third-order valence-corrected chi connectivity index (χ3v) is 4.77. The molecule has 1 amide bonds. The van der Waals surface area contributed by atoms with Crippen molar-refractivity contribution in [3.63, 3.8) is 0 Å². The van der Waals surface area contributed by atoms with Crippen molar-refractivity contribution in [3.05, 3.63) is 35.6 Å². The van der Waals surface area contributed by atoms with E-state index in [0.29, 0.717) is 38.0 Å². The van der Waals surface area contributed by atoms with Gasteiger partial charge in [-0.25, -0.2) is 4.39 Å². The summed E-state index contributed by atoms with van der Waals surface area (Å²) in [6.07, 6.45) is 1.28. The Hall–Kier alpha value is -1.95. The Morgan fingerprint density at radius 1 is 1.33 bits per heavy atom. The first-order valence-electron chi connectivity index (χ1n) is 8.13. The number of carbonyl (C=O) groups is 2. The molecule has 0 spiro atoms. The van der Waals surface area contributed by atoms with Crippen LogP contribution in [0.4, 0.5) is 4.39 Å². The van der Waals surface area contributed by atoms with E-state index < -0.39 is 16.8 Å². The highest BCUT2D eigenvalue weighted by molar-refractivity contribution is 5.88. The molecule has 0 radical (unpaired) electrons. The van der Waals surface area contributed by atoms with Crippen LogP contribution >= 0.6 is 0 Å². The average molecular weight is 337 g/mol. The number of hydrogen-bond acceptors (Lipinski definition) is 3. The van der Waals surface area contributed by atoms with Gasteiger partial charge in [0.05, 0.1) is 10.8 Å². The molecule has 0 unspecified atom stereocenters. The van der Waals surface area contributed by atoms with Crippen molar-refractivity contribution >= 4 is 11.9 Å². The van der Waals surface area contributed by atoms with Crippen LogP contribution in [0.2, 0.25) is 0 Å². The molecule has 5 nitrogen and oxygen atoms in total. The molecule has 0 atom stereocenters. The van der Waals surface area contributed by atoms with Crippen molar-refractivity contribution in [2.45, 2.75) is 38.5 Å². The van der Waals surface area contributed by atoms with Gasteiger partial charge in [0, 0.05) is 19.8 Å². The number of nitrogens with one attached hydrogen (secondary N) is 1. The quantitative estimate of drug-likeness (QED) is 0.836. The van der Waals surface area contributed by atoms with E-state index in [9.17, 15) is 14.0 Å². The van der Waals surface area contributed by atoms with Crippen LogP contribution in [0.1, 0.15) is 38.7 Å². The van der Waals surface area contributed by atoms with Gasteiger partial charge in [0.25, 0.3) is 0 Å². The molecule has 132 valence electrons. The van der Waals surface area contributed by atoms with Crippen molar-refractivity contribution < 1.29 is 23.8 Å². The van der Waals surface area contributed by atoms with Crippen molar-refractivity contribution in [2.24, 2.45) is 5.41 Å². The Morgan fingerprint density at radius 3 is 2.58 bits per heavy atom. The molecule has 1 fully saturated rings. The van der Waals surface area contributed by atoms with Crippen LogP contribution in [-0.4, -0.2) is 36.7 Å². The van der Waals surface area contributed by atoms with Crippen LogP contribution < -0.4 is 5.32 Å². The number of ether oxygens (including phenoxy) is 1. The minimum atomic E-state index is -0.908. The lowest BCUT2D eigenvalue weighted by Gasteiger charge is -2.36. The number of benzene rings is 1. The predicted molar refractivity (Wildman–Crippen MR) is 87.2 cm³/mol. The fraction of sp³-hybridized carbons (Fsp3) is 0.556. The number of amides is 1. The summed E-state index contributed by atoms with van der Waals surface area (Å²) >= 11 is 0. The van der Waals surface area contributed by atoms with E-state index in [1.165, 1.54) is 12.1 Å². The number of carboxylic acid groups (broad SMARTS) is 1. The van der Waals surface area contributed by atoms with E-state index in [-0.39, 0.29) is 18.3 Å². The summed E-state index contributed by atoms with van der Waals surface area (Å²) in [6, 6.07) is 6.10. The molecule has 0 saturated carbocycles. The SMILES string of the molecule is CC(C)(CCNC(=O)C1(c2cccc(F)c2)CCOCC1)C(=O)O. The third kappa shape index (κ3) is 3.93. The Morgan fingerprint density at radius 2 is 2.00 bits per heavy atom. The number of halogens is 1. The summed E-state index contributed by atoms with van der Waals surface area (Å²) < 4.78 is 19.0. The zero-order valence-electron chi connectivity index (χ0n) is 14.1. The molecular weight excluding hydrogens is 313 g/mol. The number of carbonyl (C=O) groups excluding carboxylic acids is 1. The van der Waals surface area contributed by atoms with Gasteiger partial charge in [0.2, 0.25) is 5.91 Å². The monoisotopic (exact) mass is 337 g/mol. The Kier molecular flexibility index (Phi) is 5.59. The minimum Gasteiger partial charge on any atom is -0.481 e. The molecule has 2 N–H and O–H groups in total. The maximum absolute atomic E-state index is 13.6. The van der Waals surface area contributed by atoms with Gasteiger partial charge in [-0.15, -0.1) is 0 Å². The molecule has 1 heterocycles. The van der Waals surface area contributed by atoms with Crippen molar-refractivity contribution in [1.29, 1.82) is 0 Å². The standard InChI is InChI=1S/C18H24FNO4/c1-17(2,16(22)23)6-9-20-15(21)18(7-10-24-11-8-18)13-4-3-5-14(19)12-13/h3-5,12H,6-11H2,1-2H3,(H,20,21)(H,22,23). The Balaban J connectivity index is 2.13. The highest BCUT2D eigenvalue weighted by Crippen LogP contribution is 2.35. The van der Waals surface area contributed by atoms with Crippen molar-refractivity contribution in [1.82, 2.24) is 5.32 Å². The molecule has 1 aliphatic heterocycles. The van der Waals surface area contributed by atoms with Crippen LogP contribution in [-0.2, 0) is 19.7 Å². The van der Waals surface area contributed by atoms with E-state index in [4.69, 9.17) is 9.84 Å². The first-order chi connectivity index (χ1) is 11.3. The maximum Gasteiger partial charge on any atom is 0.309 e. The maximum atomic E-state index is 13.6.